The molecule has 0 spiro atoms. The number of nitrogens with two attached hydrogens (primary N) is 1. The second-order valence-corrected chi connectivity index (χ2v) is 6.82. The number of rotatable bonds is 4. The Morgan fingerprint density at radius 1 is 0.933 bits per heavy atom. The molecule has 1 heterocycles. The van der Waals surface area contributed by atoms with E-state index in [0.29, 0.717) is 17.6 Å². The summed E-state index contributed by atoms with van der Waals surface area (Å²) in [5.41, 5.74) is 9.48. The second kappa shape index (κ2) is 8.31. The number of nitriles is 2. The average molecular weight is 386 g/mol. The summed E-state index contributed by atoms with van der Waals surface area (Å²) in [6.07, 6.45) is 7.15. The average Bonchev–Trinajstić information content (AvgIpc) is 2.80. The molecule has 0 saturated heterocycles. The van der Waals surface area contributed by atoms with Crippen molar-refractivity contribution in [1.29, 1.82) is 10.5 Å². The molecule has 2 N–H and O–H groups in total. The zero-order valence-electron chi connectivity index (χ0n) is 16.2. The standard InChI is InChI=1S/C26H18N4/c27-13-11-18(16-28)9-10-22-20-5-1-3-7-23(20)26(24-8-4-2-6-21(22)24)25-15-19(17-29)12-14-30-25/h1-9,11-15H,10,27H2/b13-11-,18-9+. The third-order valence-corrected chi connectivity index (χ3v) is 5.12. The number of allylic oxidation sites excluding steroid dienone is 3. The van der Waals surface area contributed by atoms with Crippen LogP contribution >= 0.6 is 0 Å². The smallest absolute Gasteiger partial charge is 0.0992 e. The minimum Gasteiger partial charge on any atom is -0.405 e. The van der Waals surface area contributed by atoms with Crippen molar-refractivity contribution in [2.24, 2.45) is 5.73 Å². The van der Waals surface area contributed by atoms with Gasteiger partial charge in [0.05, 0.1) is 23.4 Å². The van der Waals surface area contributed by atoms with Crippen molar-refractivity contribution >= 4 is 21.5 Å². The number of benzene rings is 3. The molecule has 4 rings (SSSR count). The topological polar surface area (TPSA) is 86.5 Å². The van der Waals surface area contributed by atoms with Gasteiger partial charge in [-0.3, -0.25) is 4.98 Å². The van der Waals surface area contributed by atoms with Crippen molar-refractivity contribution < 1.29 is 0 Å². The van der Waals surface area contributed by atoms with Crippen molar-refractivity contribution in [3.8, 4) is 23.4 Å². The Hall–Kier alpha value is -4.41. The lowest BCUT2D eigenvalue weighted by Crippen LogP contribution is -1.95. The number of nitrogens with zero attached hydrogens (tertiary/aromatic N) is 3. The van der Waals surface area contributed by atoms with Gasteiger partial charge < -0.3 is 5.73 Å². The fraction of sp³-hybridized carbons (Fsp3) is 0.0385. The first-order valence-corrected chi connectivity index (χ1v) is 9.54. The van der Waals surface area contributed by atoms with E-state index in [9.17, 15) is 10.5 Å². The van der Waals surface area contributed by atoms with Crippen LogP contribution in [0.3, 0.4) is 0 Å². The molecule has 0 aliphatic carbocycles. The third-order valence-electron chi connectivity index (χ3n) is 5.12. The van der Waals surface area contributed by atoms with Crippen molar-refractivity contribution in [1.82, 2.24) is 4.98 Å². The Morgan fingerprint density at radius 2 is 1.57 bits per heavy atom. The van der Waals surface area contributed by atoms with Crippen LogP contribution in [0.25, 0.3) is 32.8 Å². The van der Waals surface area contributed by atoms with E-state index in [2.05, 4.69) is 41.4 Å². The van der Waals surface area contributed by atoms with Gasteiger partial charge in [0.2, 0.25) is 0 Å². The normalized spacial score (nSPS) is 11.6. The van der Waals surface area contributed by atoms with Gasteiger partial charge in [0.25, 0.3) is 0 Å². The van der Waals surface area contributed by atoms with Gasteiger partial charge in [-0.05, 0) is 57.9 Å². The predicted molar refractivity (Wildman–Crippen MR) is 120 cm³/mol. The third kappa shape index (κ3) is 3.39. The molecule has 0 bridgehead atoms. The molecule has 4 heteroatoms. The van der Waals surface area contributed by atoms with Crippen molar-refractivity contribution in [3.05, 3.63) is 102 Å². The fourth-order valence-corrected chi connectivity index (χ4v) is 3.82. The maximum Gasteiger partial charge on any atom is 0.0992 e. The van der Waals surface area contributed by atoms with Crippen LogP contribution in [0.15, 0.2) is 90.8 Å². The highest BCUT2D eigenvalue weighted by atomic mass is 14.7. The van der Waals surface area contributed by atoms with Gasteiger partial charge in [-0.1, -0.05) is 54.6 Å². The minimum atomic E-state index is 0.526. The summed E-state index contributed by atoms with van der Waals surface area (Å²) in [7, 11) is 0. The molecule has 0 amide bonds. The molecule has 142 valence electrons. The van der Waals surface area contributed by atoms with Crippen molar-refractivity contribution in [2.75, 3.05) is 0 Å². The number of fused-ring (bicyclic) bond motifs is 2. The Balaban J connectivity index is 2.06. The molecule has 3 aromatic carbocycles. The Kier molecular flexibility index (Phi) is 5.24. The first-order chi connectivity index (χ1) is 14.8. The quantitative estimate of drug-likeness (QED) is 0.289. The summed E-state index contributed by atoms with van der Waals surface area (Å²) < 4.78 is 0. The zero-order chi connectivity index (χ0) is 20.9. The van der Waals surface area contributed by atoms with E-state index in [1.807, 2.05) is 36.4 Å². The number of pyridine rings is 1. The second-order valence-electron chi connectivity index (χ2n) is 6.82. The number of hydrogen-bond donors (Lipinski definition) is 1. The van der Waals surface area contributed by atoms with E-state index >= 15 is 0 Å². The van der Waals surface area contributed by atoms with Crippen molar-refractivity contribution in [3.63, 3.8) is 0 Å². The van der Waals surface area contributed by atoms with Gasteiger partial charge in [0, 0.05) is 17.3 Å². The first kappa shape index (κ1) is 18.9. The van der Waals surface area contributed by atoms with E-state index in [-0.39, 0.29) is 0 Å². The number of aromatic nitrogens is 1. The summed E-state index contributed by atoms with van der Waals surface area (Å²) in [6, 6.07) is 24.3. The van der Waals surface area contributed by atoms with Crippen molar-refractivity contribution in [2.45, 2.75) is 6.42 Å². The van der Waals surface area contributed by atoms with Gasteiger partial charge in [-0.25, -0.2) is 0 Å². The molecule has 4 aromatic rings. The lowest BCUT2D eigenvalue weighted by atomic mass is 9.88. The monoisotopic (exact) mass is 386 g/mol. The van der Waals surface area contributed by atoms with Gasteiger partial charge >= 0.3 is 0 Å². The highest BCUT2D eigenvalue weighted by Gasteiger charge is 2.15. The van der Waals surface area contributed by atoms with Gasteiger partial charge in [0.15, 0.2) is 0 Å². The SMILES string of the molecule is N#CC(/C=C\N)=C/Cc1c2ccccc2c(-c2cc(C#N)ccn2)c2ccccc12. The molecule has 30 heavy (non-hydrogen) atoms. The Bertz CT molecular complexity index is 1340. The maximum absolute atomic E-state index is 9.34. The Morgan fingerprint density at radius 3 is 2.13 bits per heavy atom. The summed E-state index contributed by atoms with van der Waals surface area (Å²) >= 11 is 0. The largest absolute Gasteiger partial charge is 0.405 e. The van der Waals surface area contributed by atoms with Crippen LogP contribution in [0, 0.1) is 22.7 Å². The van der Waals surface area contributed by atoms with Crippen LogP contribution in [0.4, 0.5) is 0 Å². The van der Waals surface area contributed by atoms with E-state index in [0.717, 1.165) is 38.4 Å². The van der Waals surface area contributed by atoms with E-state index in [1.54, 1.807) is 18.3 Å². The van der Waals surface area contributed by atoms with Crippen LogP contribution in [-0.4, -0.2) is 4.98 Å². The van der Waals surface area contributed by atoms with E-state index < -0.39 is 0 Å². The summed E-state index contributed by atoms with van der Waals surface area (Å²) in [5, 5.41) is 23.0. The zero-order valence-corrected chi connectivity index (χ0v) is 16.2. The highest BCUT2D eigenvalue weighted by molar-refractivity contribution is 6.14. The Labute approximate surface area is 174 Å². The summed E-state index contributed by atoms with van der Waals surface area (Å²) in [5.74, 6) is 0. The van der Waals surface area contributed by atoms with Crippen LogP contribution in [0.2, 0.25) is 0 Å². The molecular weight excluding hydrogens is 368 g/mol. The van der Waals surface area contributed by atoms with E-state index in [1.165, 1.54) is 6.20 Å². The molecule has 4 nitrogen and oxygen atoms in total. The van der Waals surface area contributed by atoms with Crippen LogP contribution in [-0.2, 0) is 6.42 Å². The first-order valence-electron chi connectivity index (χ1n) is 9.54. The molecule has 0 radical (unpaired) electrons. The lowest BCUT2D eigenvalue weighted by Gasteiger charge is -2.16. The molecule has 0 atom stereocenters. The molecular formula is C26H18N4. The van der Waals surface area contributed by atoms with Crippen LogP contribution in [0.5, 0.6) is 0 Å². The van der Waals surface area contributed by atoms with Gasteiger partial charge in [0.1, 0.15) is 0 Å². The van der Waals surface area contributed by atoms with Gasteiger partial charge in [-0.15, -0.1) is 0 Å². The molecule has 1 aromatic heterocycles. The van der Waals surface area contributed by atoms with E-state index in [4.69, 9.17) is 5.73 Å². The minimum absolute atomic E-state index is 0.526. The molecule has 0 unspecified atom stereocenters. The van der Waals surface area contributed by atoms with Crippen LogP contribution in [0.1, 0.15) is 11.1 Å². The van der Waals surface area contributed by atoms with Crippen LogP contribution < -0.4 is 5.73 Å². The van der Waals surface area contributed by atoms with Gasteiger partial charge in [-0.2, -0.15) is 10.5 Å². The molecule has 0 fully saturated rings. The molecule has 0 aliphatic rings. The molecule has 0 saturated carbocycles. The predicted octanol–water partition coefficient (Wildman–Crippen LogP) is 5.39. The summed E-state index contributed by atoms with van der Waals surface area (Å²) in [4.78, 5) is 4.57. The highest BCUT2D eigenvalue weighted by Crippen LogP contribution is 2.39. The summed E-state index contributed by atoms with van der Waals surface area (Å²) in [6.45, 7) is 0. The number of hydrogen-bond acceptors (Lipinski definition) is 4. The maximum atomic E-state index is 9.34. The molecule has 0 aliphatic heterocycles. The lowest BCUT2D eigenvalue weighted by molar-refractivity contribution is 1.30. The fourth-order valence-electron chi connectivity index (χ4n) is 3.82.